The summed E-state index contributed by atoms with van der Waals surface area (Å²) in [5.41, 5.74) is -0.00398. The van der Waals surface area contributed by atoms with E-state index in [0.717, 1.165) is 13.0 Å². The lowest BCUT2D eigenvalue weighted by Crippen LogP contribution is -2.23. The predicted octanol–water partition coefficient (Wildman–Crippen LogP) is 1.78. The van der Waals surface area contributed by atoms with Crippen molar-refractivity contribution >= 4 is 17.3 Å². The zero-order chi connectivity index (χ0) is 14.4. The molecule has 2 N–H and O–H groups in total. The van der Waals surface area contributed by atoms with Gasteiger partial charge in [-0.3, -0.25) is 10.1 Å². The van der Waals surface area contributed by atoms with Crippen LogP contribution in [-0.4, -0.2) is 48.5 Å². The molecule has 0 aliphatic rings. The van der Waals surface area contributed by atoms with Crippen molar-refractivity contribution in [3.63, 3.8) is 0 Å². The first kappa shape index (κ1) is 15.2. The van der Waals surface area contributed by atoms with Gasteiger partial charge >= 0.3 is 5.69 Å². The maximum Gasteiger partial charge on any atom is 0.311 e. The van der Waals surface area contributed by atoms with Crippen LogP contribution in [0.5, 0.6) is 0 Å². The van der Waals surface area contributed by atoms with Crippen LogP contribution in [0.25, 0.3) is 0 Å². The standard InChI is InChI=1S/C12H21N5O2/c1-9(7-8-16(3)4)14-12-10(17(18)19)5-6-11(13-2)15-12/h5-6,9H,7-8H2,1-4H3,(H2,13,14,15). The van der Waals surface area contributed by atoms with Crippen molar-refractivity contribution in [1.82, 2.24) is 9.88 Å². The Labute approximate surface area is 113 Å². The van der Waals surface area contributed by atoms with Gasteiger partial charge in [0.05, 0.1) is 4.92 Å². The van der Waals surface area contributed by atoms with E-state index in [4.69, 9.17) is 0 Å². The average Bonchev–Trinajstić information content (AvgIpc) is 2.35. The number of nitrogens with zero attached hydrogens (tertiary/aromatic N) is 3. The van der Waals surface area contributed by atoms with Crippen LogP contribution in [-0.2, 0) is 0 Å². The molecule has 1 aromatic rings. The van der Waals surface area contributed by atoms with Gasteiger partial charge < -0.3 is 15.5 Å². The molecule has 7 heteroatoms. The summed E-state index contributed by atoms with van der Waals surface area (Å²) in [4.78, 5) is 16.8. The molecule has 0 bridgehead atoms. The first-order valence-corrected chi connectivity index (χ1v) is 6.18. The van der Waals surface area contributed by atoms with Crippen molar-refractivity contribution < 1.29 is 4.92 Å². The van der Waals surface area contributed by atoms with Crippen LogP contribution in [0.15, 0.2) is 12.1 Å². The lowest BCUT2D eigenvalue weighted by Gasteiger charge is -2.17. The van der Waals surface area contributed by atoms with Crippen molar-refractivity contribution in [2.45, 2.75) is 19.4 Å². The van der Waals surface area contributed by atoms with Crippen LogP contribution in [0.2, 0.25) is 0 Å². The zero-order valence-corrected chi connectivity index (χ0v) is 11.8. The largest absolute Gasteiger partial charge is 0.373 e. The fourth-order valence-electron chi connectivity index (χ4n) is 1.60. The van der Waals surface area contributed by atoms with Gasteiger partial charge in [-0.15, -0.1) is 0 Å². The second kappa shape index (κ2) is 6.89. The normalized spacial score (nSPS) is 12.3. The first-order chi connectivity index (χ1) is 8.93. The van der Waals surface area contributed by atoms with Crippen molar-refractivity contribution in [3.05, 3.63) is 22.2 Å². The summed E-state index contributed by atoms with van der Waals surface area (Å²) in [7, 11) is 5.72. The fourth-order valence-corrected chi connectivity index (χ4v) is 1.60. The van der Waals surface area contributed by atoms with E-state index in [9.17, 15) is 10.1 Å². The molecule has 1 rings (SSSR count). The Morgan fingerprint density at radius 3 is 2.68 bits per heavy atom. The molecule has 1 heterocycles. The van der Waals surface area contributed by atoms with E-state index >= 15 is 0 Å². The third-order valence-corrected chi connectivity index (χ3v) is 2.72. The summed E-state index contributed by atoms with van der Waals surface area (Å²) in [6.07, 6.45) is 0.885. The molecule has 1 unspecified atom stereocenters. The molecule has 0 aliphatic carbocycles. The second-order valence-corrected chi connectivity index (χ2v) is 4.71. The van der Waals surface area contributed by atoms with Crippen LogP contribution >= 0.6 is 0 Å². The number of hydrogen-bond acceptors (Lipinski definition) is 6. The minimum atomic E-state index is -0.423. The van der Waals surface area contributed by atoms with Gasteiger partial charge in [0.15, 0.2) is 0 Å². The summed E-state index contributed by atoms with van der Waals surface area (Å²) < 4.78 is 0. The average molecular weight is 267 g/mol. The molecule has 19 heavy (non-hydrogen) atoms. The van der Waals surface area contributed by atoms with Crippen LogP contribution in [0, 0.1) is 10.1 Å². The molecule has 0 spiro atoms. The minimum absolute atomic E-state index is 0.00398. The highest BCUT2D eigenvalue weighted by molar-refractivity contribution is 5.60. The van der Waals surface area contributed by atoms with Gasteiger partial charge in [-0.05, 0) is 40.1 Å². The van der Waals surface area contributed by atoms with Gasteiger partial charge in [-0.1, -0.05) is 0 Å². The molecule has 7 nitrogen and oxygen atoms in total. The first-order valence-electron chi connectivity index (χ1n) is 6.18. The third-order valence-electron chi connectivity index (χ3n) is 2.72. The van der Waals surface area contributed by atoms with Crippen LogP contribution < -0.4 is 10.6 Å². The van der Waals surface area contributed by atoms with E-state index in [1.807, 2.05) is 21.0 Å². The fraction of sp³-hybridized carbons (Fsp3) is 0.583. The molecule has 0 aromatic carbocycles. The molecular formula is C12H21N5O2. The predicted molar refractivity (Wildman–Crippen MR) is 76.7 cm³/mol. The quantitative estimate of drug-likeness (QED) is 0.579. The summed E-state index contributed by atoms with van der Waals surface area (Å²) in [6, 6.07) is 3.16. The molecule has 0 radical (unpaired) electrons. The molecule has 106 valence electrons. The number of nitro groups is 1. The topological polar surface area (TPSA) is 83.3 Å². The van der Waals surface area contributed by atoms with Gasteiger partial charge in [0, 0.05) is 19.2 Å². The minimum Gasteiger partial charge on any atom is -0.373 e. The van der Waals surface area contributed by atoms with E-state index in [-0.39, 0.29) is 11.7 Å². The van der Waals surface area contributed by atoms with Gasteiger partial charge in [-0.2, -0.15) is 0 Å². The van der Waals surface area contributed by atoms with Crippen molar-refractivity contribution in [3.8, 4) is 0 Å². The number of pyridine rings is 1. The summed E-state index contributed by atoms with van der Waals surface area (Å²) >= 11 is 0. The monoisotopic (exact) mass is 267 g/mol. The molecule has 0 aliphatic heterocycles. The van der Waals surface area contributed by atoms with E-state index in [1.165, 1.54) is 6.07 Å². The van der Waals surface area contributed by atoms with Gasteiger partial charge in [0.2, 0.25) is 5.82 Å². The summed E-state index contributed by atoms with van der Waals surface area (Å²) in [5, 5.41) is 16.9. The molecular weight excluding hydrogens is 246 g/mol. The lowest BCUT2D eigenvalue weighted by atomic mass is 10.2. The number of rotatable bonds is 7. The third kappa shape index (κ3) is 4.70. The zero-order valence-electron chi connectivity index (χ0n) is 11.8. The Morgan fingerprint density at radius 2 is 2.16 bits per heavy atom. The van der Waals surface area contributed by atoms with Gasteiger partial charge in [0.25, 0.3) is 0 Å². The number of nitrogens with one attached hydrogen (secondary N) is 2. The Balaban J connectivity index is 2.82. The molecule has 0 saturated heterocycles. The van der Waals surface area contributed by atoms with E-state index in [0.29, 0.717) is 11.6 Å². The Morgan fingerprint density at radius 1 is 1.47 bits per heavy atom. The lowest BCUT2D eigenvalue weighted by molar-refractivity contribution is -0.384. The Kier molecular flexibility index (Phi) is 5.50. The summed E-state index contributed by atoms with van der Waals surface area (Å²) in [6.45, 7) is 2.90. The molecule has 0 fully saturated rings. The molecule has 0 saturated carbocycles. The van der Waals surface area contributed by atoms with Crippen LogP contribution in [0.3, 0.4) is 0 Å². The highest BCUT2D eigenvalue weighted by Gasteiger charge is 2.17. The van der Waals surface area contributed by atoms with E-state index in [2.05, 4.69) is 20.5 Å². The van der Waals surface area contributed by atoms with Crippen LogP contribution in [0.1, 0.15) is 13.3 Å². The highest BCUT2D eigenvalue weighted by Crippen LogP contribution is 2.24. The Bertz CT molecular complexity index is 436. The molecule has 1 atom stereocenters. The van der Waals surface area contributed by atoms with E-state index < -0.39 is 4.92 Å². The van der Waals surface area contributed by atoms with Crippen LogP contribution in [0.4, 0.5) is 17.3 Å². The molecule has 0 amide bonds. The maximum atomic E-state index is 11.0. The van der Waals surface area contributed by atoms with E-state index in [1.54, 1.807) is 13.1 Å². The molecule has 1 aromatic heterocycles. The van der Waals surface area contributed by atoms with Crippen molar-refractivity contribution in [1.29, 1.82) is 0 Å². The van der Waals surface area contributed by atoms with Crippen molar-refractivity contribution in [2.24, 2.45) is 0 Å². The van der Waals surface area contributed by atoms with Gasteiger partial charge in [0.1, 0.15) is 5.82 Å². The SMILES string of the molecule is CNc1ccc([N+](=O)[O-])c(NC(C)CCN(C)C)n1. The van der Waals surface area contributed by atoms with Gasteiger partial charge in [-0.25, -0.2) is 4.98 Å². The van der Waals surface area contributed by atoms with Crippen molar-refractivity contribution in [2.75, 3.05) is 38.3 Å². The number of anilines is 2. The summed E-state index contributed by atoms with van der Waals surface area (Å²) in [5.74, 6) is 0.913. The maximum absolute atomic E-state index is 11.0. The Hall–Kier alpha value is -1.89. The number of aromatic nitrogens is 1. The second-order valence-electron chi connectivity index (χ2n) is 4.71. The smallest absolute Gasteiger partial charge is 0.311 e. The number of hydrogen-bond donors (Lipinski definition) is 2. The highest BCUT2D eigenvalue weighted by atomic mass is 16.6.